The van der Waals surface area contributed by atoms with Crippen LogP contribution in [0.2, 0.25) is 0 Å². The van der Waals surface area contributed by atoms with Crippen molar-refractivity contribution in [2.45, 2.75) is 0 Å². The molecular weight excluding hydrogens is 581 g/mol. The van der Waals surface area contributed by atoms with E-state index in [1.54, 1.807) is 0 Å². The maximum absolute atomic E-state index is 2.44. The Bertz CT molecular complexity index is 2540. The molecule has 0 saturated heterocycles. The molecule has 0 aliphatic carbocycles. The molecule has 8 aromatic carbocycles. The molecular formula is C46H32N2. The van der Waals surface area contributed by atoms with E-state index < -0.39 is 0 Å². The quantitative estimate of drug-likeness (QED) is 0.181. The summed E-state index contributed by atoms with van der Waals surface area (Å²) >= 11 is 0. The summed E-state index contributed by atoms with van der Waals surface area (Å²) in [7, 11) is 0. The largest absolute Gasteiger partial charge is 0.309 e. The van der Waals surface area contributed by atoms with Gasteiger partial charge in [0, 0.05) is 27.4 Å². The Labute approximate surface area is 280 Å². The van der Waals surface area contributed by atoms with Crippen molar-refractivity contribution in [2.75, 3.05) is 4.90 Å². The fourth-order valence-corrected chi connectivity index (χ4v) is 7.22. The van der Waals surface area contributed by atoms with Gasteiger partial charge in [-0.25, -0.2) is 0 Å². The highest BCUT2D eigenvalue weighted by Gasteiger charge is 2.23. The molecule has 0 N–H and O–H groups in total. The third-order valence-corrected chi connectivity index (χ3v) is 9.39. The molecule has 0 bridgehead atoms. The number of para-hydroxylation sites is 2. The van der Waals surface area contributed by atoms with Crippen LogP contribution in [0.4, 0.5) is 17.1 Å². The lowest BCUT2D eigenvalue weighted by Gasteiger charge is -2.29. The maximum Gasteiger partial charge on any atom is 0.0562 e. The molecule has 0 amide bonds. The van der Waals surface area contributed by atoms with E-state index in [4.69, 9.17) is 0 Å². The predicted molar refractivity (Wildman–Crippen MR) is 204 cm³/mol. The van der Waals surface area contributed by atoms with Crippen LogP contribution in [0.15, 0.2) is 194 Å². The van der Waals surface area contributed by atoms with Gasteiger partial charge in [-0.15, -0.1) is 0 Å². The lowest BCUT2D eigenvalue weighted by molar-refractivity contribution is 1.20. The van der Waals surface area contributed by atoms with Crippen LogP contribution in [0.3, 0.4) is 0 Å². The first-order chi connectivity index (χ1) is 23.8. The van der Waals surface area contributed by atoms with Crippen LogP contribution in [0, 0.1) is 0 Å². The first-order valence-corrected chi connectivity index (χ1v) is 16.5. The summed E-state index contributed by atoms with van der Waals surface area (Å²) < 4.78 is 2.44. The molecule has 0 fully saturated rings. The molecule has 2 heteroatoms. The molecule has 0 unspecified atom stereocenters. The van der Waals surface area contributed by atoms with Crippen LogP contribution in [0.5, 0.6) is 0 Å². The average Bonchev–Trinajstić information content (AvgIpc) is 3.51. The summed E-state index contributed by atoms with van der Waals surface area (Å²) in [5.74, 6) is 0. The lowest BCUT2D eigenvalue weighted by atomic mass is 10.00. The van der Waals surface area contributed by atoms with Crippen LogP contribution in [-0.2, 0) is 0 Å². The molecule has 0 spiro atoms. The van der Waals surface area contributed by atoms with E-state index >= 15 is 0 Å². The minimum Gasteiger partial charge on any atom is -0.309 e. The zero-order chi connectivity index (χ0) is 31.9. The third-order valence-electron chi connectivity index (χ3n) is 9.39. The summed E-state index contributed by atoms with van der Waals surface area (Å²) in [5, 5.41) is 4.90. The van der Waals surface area contributed by atoms with Gasteiger partial charge in [0.1, 0.15) is 0 Å². The van der Waals surface area contributed by atoms with Gasteiger partial charge < -0.3 is 9.47 Å². The van der Waals surface area contributed by atoms with Crippen LogP contribution in [0.25, 0.3) is 60.5 Å². The van der Waals surface area contributed by atoms with Crippen molar-refractivity contribution in [3.63, 3.8) is 0 Å². The second kappa shape index (κ2) is 11.8. The lowest BCUT2D eigenvalue weighted by Crippen LogP contribution is -2.11. The number of anilines is 3. The Balaban J connectivity index is 1.34. The van der Waals surface area contributed by atoms with Crippen molar-refractivity contribution in [3.05, 3.63) is 194 Å². The smallest absolute Gasteiger partial charge is 0.0562 e. The molecule has 9 aromatic rings. The first kappa shape index (κ1) is 27.9. The number of rotatable bonds is 6. The fourth-order valence-electron chi connectivity index (χ4n) is 7.22. The second-order valence-corrected chi connectivity index (χ2v) is 12.2. The molecule has 0 radical (unpaired) electrons. The van der Waals surface area contributed by atoms with Crippen molar-refractivity contribution in [2.24, 2.45) is 0 Å². The summed E-state index contributed by atoms with van der Waals surface area (Å²) in [6, 6.07) is 69.9. The summed E-state index contributed by atoms with van der Waals surface area (Å²) in [4.78, 5) is 2.44. The van der Waals surface area contributed by atoms with E-state index in [1.807, 2.05) is 0 Å². The second-order valence-electron chi connectivity index (χ2n) is 12.2. The van der Waals surface area contributed by atoms with Gasteiger partial charge in [0.25, 0.3) is 0 Å². The third kappa shape index (κ3) is 4.66. The van der Waals surface area contributed by atoms with E-state index in [0.29, 0.717) is 0 Å². The minimum absolute atomic E-state index is 1.10. The standard InChI is InChI=1S/C46H32N2/c1-3-15-33(16-4-1)34-29-31-37(32-30-34)47(41-24-11-9-22-38(41)35-17-5-2-6-18-35)44-27-14-28-45-46(44)40-23-10-12-25-43(40)48(45)42-26-13-20-36-19-7-8-21-39(36)42/h1-32H. The van der Waals surface area contributed by atoms with Gasteiger partial charge in [-0.2, -0.15) is 0 Å². The number of aromatic nitrogens is 1. The molecule has 0 aliphatic heterocycles. The Hall–Kier alpha value is -6.38. The van der Waals surface area contributed by atoms with Crippen LogP contribution in [0.1, 0.15) is 0 Å². The van der Waals surface area contributed by atoms with E-state index in [0.717, 1.165) is 17.1 Å². The zero-order valence-electron chi connectivity index (χ0n) is 26.4. The van der Waals surface area contributed by atoms with Crippen LogP contribution < -0.4 is 4.90 Å². The molecule has 226 valence electrons. The van der Waals surface area contributed by atoms with E-state index in [1.165, 1.54) is 60.5 Å². The summed E-state index contributed by atoms with van der Waals surface area (Å²) in [6.45, 7) is 0. The van der Waals surface area contributed by atoms with E-state index in [9.17, 15) is 0 Å². The van der Waals surface area contributed by atoms with Crippen LogP contribution >= 0.6 is 0 Å². The Morgan fingerprint density at radius 2 is 0.917 bits per heavy atom. The monoisotopic (exact) mass is 612 g/mol. The molecule has 0 atom stereocenters. The molecule has 1 heterocycles. The van der Waals surface area contributed by atoms with E-state index in [-0.39, 0.29) is 0 Å². The number of hydrogen-bond acceptors (Lipinski definition) is 1. The molecule has 2 nitrogen and oxygen atoms in total. The highest BCUT2D eigenvalue weighted by atomic mass is 15.2. The summed E-state index contributed by atoms with van der Waals surface area (Å²) in [5.41, 5.74) is 11.7. The van der Waals surface area contributed by atoms with Gasteiger partial charge in [-0.1, -0.05) is 152 Å². The first-order valence-electron chi connectivity index (χ1n) is 16.5. The van der Waals surface area contributed by atoms with Crippen molar-refractivity contribution in [3.8, 4) is 27.9 Å². The zero-order valence-corrected chi connectivity index (χ0v) is 26.4. The van der Waals surface area contributed by atoms with Crippen molar-refractivity contribution >= 4 is 49.6 Å². The highest BCUT2D eigenvalue weighted by Crippen LogP contribution is 2.47. The van der Waals surface area contributed by atoms with Gasteiger partial charge in [0.15, 0.2) is 0 Å². The molecule has 0 saturated carbocycles. The summed E-state index contributed by atoms with van der Waals surface area (Å²) in [6.07, 6.45) is 0. The number of benzene rings is 8. The minimum atomic E-state index is 1.10. The van der Waals surface area contributed by atoms with Crippen molar-refractivity contribution in [1.82, 2.24) is 4.57 Å². The molecule has 48 heavy (non-hydrogen) atoms. The van der Waals surface area contributed by atoms with Crippen molar-refractivity contribution < 1.29 is 0 Å². The Kier molecular flexibility index (Phi) is 6.84. The molecule has 9 rings (SSSR count). The molecule has 1 aromatic heterocycles. The number of nitrogens with zero attached hydrogens (tertiary/aromatic N) is 2. The van der Waals surface area contributed by atoms with Gasteiger partial charge in [-0.3, -0.25) is 0 Å². The van der Waals surface area contributed by atoms with Gasteiger partial charge in [0.05, 0.1) is 28.1 Å². The average molecular weight is 613 g/mol. The van der Waals surface area contributed by atoms with Gasteiger partial charge in [-0.05, 0) is 64.5 Å². The predicted octanol–water partition coefficient (Wildman–Crippen LogP) is 12.7. The van der Waals surface area contributed by atoms with E-state index in [2.05, 4.69) is 204 Å². The highest BCUT2D eigenvalue weighted by molar-refractivity contribution is 6.17. The maximum atomic E-state index is 2.44. The molecule has 0 aliphatic rings. The fraction of sp³-hybridized carbons (Fsp3) is 0. The SMILES string of the molecule is c1ccc(-c2ccc(N(c3ccccc3-c3ccccc3)c3cccc4c3c3ccccc3n4-c3cccc4ccccc34)cc2)cc1. The Morgan fingerprint density at radius 3 is 1.73 bits per heavy atom. The topological polar surface area (TPSA) is 8.17 Å². The van der Waals surface area contributed by atoms with Crippen LogP contribution in [-0.4, -0.2) is 4.57 Å². The number of hydrogen-bond donors (Lipinski definition) is 0. The Morgan fingerprint density at radius 1 is 0.354 bits per heavy atom. The number of fused-ring (bicyclic) bond motifs is 4. The van der Waals surface area contributed by atoms with Gasteiger partial charge >= 0.3 is 0 Å². The van der Waals surface area contributed by atoms with Crippen molar-refractivity contribution in [1.29, 1.82) is 0 Å². The van der Waals surface area contributed by atoms with Gasteiger partial charge in [0.2, 0.25) is 0 Å². The normalized spacial score (nSPS) is 11.3.